The van der Waals surface area contributed by atoms with Crippen LogP contribution in [0.25, 0.3) is 11.6 Å². The predicted octanol–water partition coefficient (Wildman–Crippen LogP) is 1.81. The third kappa shape index (κ3) is 1.95. The second-order valence-corrected chi connectivity index (χ2v) is 3.01. The second kappa shape index (κ2) is 4.18. The highest BCUT2D eigenvalue weighted by atomic mass is 16.5. The van der Waals surface area contributed by atoms with Crippen molar-refractivity contribution in [1.29, 1.82) is 0 Å². The second-order valence-electron chi connectivity index (χ2n) is 3.01. The van der Waals surface area contributed by atoms with Crippen LogP contribution in [0.1, 0.15) is 23.3 Å². The zero-order chi connectivity index (χ0) is 11.5. The number of aromatic nitrogens is 2. The predicted molar refractivity (Wildman–Crippen MR) is 52.7 cm³/mol. The molecule has 0 N–H and O–H groups in total. The lowest BCUT2D eigenvalue weighted by Gasteiger charge is -1.94. The molecule has 0 aliphatic rings. The Morgan fingerprint density at radius 1 is 1.38 bits per heavy atom. The Hall–Kier alpha value is -2.11. The van der Waals surface area contributed by atoms with Crippen LogP contribution in [-0.4, -0.2) is 22.5 Å². The highest BCUT2D eigenvalue weighted by Gasteiger charge is 2.16. The van der Waals surface area contributed by atoms with E-state index in [1.807, 2.05) is 0 Å². The number of esters is 1. The number of aryl methyl sites for hydroxylation is 1. The number of rotatable bonds is 3. The molecule has 0 atom stereocenters. The topological polar surface area (TPSA) is 78.4 Å². The Morgan fingerprint density at radius 2 is 2.19 bits per heavy atom. The van der Waals surface area contributed by atoms with Crippen LogP contribution in [0.2, 0.25) is 0 Å². The molecule has 0 saturated heterocycles. The molecule has 0 bridgehead atoms. The van der Waals surface area contributed by atoms with Crippen molar-refractivity contribution >= 4 is 5.97 Å². The molecule has 0 radical (unpaired) electrons. The van der Waals surface area contributed by atoms with Gasteiger partial charge >= 0.3 is 5.97 Å². The summed E-state index contributed by atoms with van der Waals surface area (Å²) >= 11 is 0. The zero-order valence-electron chi connectivity index (χ0n) is 8.89. The van der Waals surface area contributed by atoms with Crippen molar-refractivity contribution in [3.8, 4) is 11.6 Å². The van der Waals surface area contributed by atoms with E-state index in [9.17, 15) is 4.79 Å². The molecule has 84 valence electrons. The third-order valence-corrected chi connectivity index (χ3v) is 1.83. The van der Waals surface area contributed by atoms with Gasteiger partial charge in [-0.1, -0.05) is 0 Å². The van der Waals surface area contributed by atoms with E-state index in [0.29, 0.717) is 18.2 Å². The summed E-state index contributed by atoms with van der Waals surface area (Å²) in [6, 6.07) is 0. The average molecular weight is 222 g/mol. The number of hydrogen-bond donors (Lipinski definition) is 0. The van der Waals surface area contributed by atoms with Crippen LogP contribution in [0.5, 0.6) is 0 Å². The van der Waals surface area contributed by atoms with Gasteiger partial charge in [0.15, 0.2) is 17.3 Å². The minimum atomic E-state index is -0.516. The van der Waals surface area contributed by atoms with E-state index in [1.54, 1.807) is 13.8 Å². The van der Waals surface area contributed by atoms with Gasteiger partial charge in [0.05, 0.1) is 6.61 Å². The summed E-state index contributed by atoms with van der Waals surface area (Å²) in [5.41, 5.74) is 0.575. The van der Waals surface area contributed by atoms with E-state index < -0.39 is 5.97 Å². The molecule has 2 heterocycles. The van der Waals surface area contributed by atoms with Crippen LogP contribution in [0.3, 0.4) is 0 Å². The van der Waals surface area contributed by atoms with Gasteiger partial charge < -0.3 is 13.6 Å². The summed E-state index contributed by atoms with van der Waals surface area (Å²) < 4.78 is 14.9. The Morgan fingerprint density at radius 3 is 2.81 bits per heavy atom. The first kappa shape index (κ1) is 10.4. The van der Waals surface area contributed by atoms with Gasteiger partial charge in [0.25, 0.3) is 0 Å². The number of ether oxygens (including phenoxy) is 1. The van der Waals surface area contributed by atoms with Gasteiger partial charge in [0, 0.05) is 6.92 Å². The highest BCUT2D eigenvalue weighted by molar-refractivity contribution is 5.87. The van der Waals surface area contributed by atoms with Gasteiger partial charge in [-0.3, -0.25) is 0 Å². The monoisotopic (exact) mass is 222 g/mol. The van der Waals surface area contributed by atoms with Gasteiger partial charge in [-0.05, 0) is 6.92 Å². The molecule has 2 rings (SSSR count). The fourth-order valence-corrected chi connectivity index (χ4v) is 1.15. The Labute approximate surface area is 91.3 Å². The summed E-state index contributed by atoms with van der Waals surface area (Å²) in [7, 11) is 0. The van der Waals surface area contributed by atoms with E-state index in [4.69, 9.17) is 13.6 Å². The van der Waals surface area contributed by atoms with E-state index in [0.717, 1.165) is 0 Å². The van der Waals surface area contributed by atoms with Gasteiger partial charge in [0.2, 0.25) is 5.89 Å². The Kier molecular flexibility index (Phi) is 2.72. The quantitative estimate of drug-likeness (QED) is 0.737. The molecule has 16 heavy (non-hydrogen) atoms. The Bertz CT molecular complexity index is 500. The van der Waals surface area contributed by atoms with Crippen LogP contribution < -0.4 is 0 Å². The minimum absolute atomic E-state index is 0.123. The molecule has 0 aromatic carbocycles. The number of carbonyl (C=O) groups is 1. The van der Waals surface area contributed by atoms with Gasteiger partial charge in [-0.15, -0.1) is 0 Å². The molecule has 2 aromatic rings. The summed E-state index contributed by atoms with van der Waals surface area (Å²) in [6.07, 6.45) is 2.65. The van der Waals surface area contributed by atoms with Crippen molar-refractivity contribution < 1.29 is 18.4 Å². The molecule has 0 fully saturated rings. The zero-order valence-corrected chi connectivity index (χ0v) is 8.89. The van der Waals surface area contributed by atoms with E-state index >= 15 is 0 Å². The molecule has 0 spiro atoms. The summed E-state index contributed by atoms with van der Waals surface area (Å²) in [6.45, 7) is 3.72. The van der Waals surface area contributed by atoms with Crippen molar-refractivity contribution in [2.75, 3.05) is 6.61 Å². The summed E-state index contributed by atoms with van der Waals surface area (Å²) in [5, 5.41) is 0. The van der Waals surface area contributed by atoms with E-state index in [-0.39, 0.29) is 11.6 Å². The molecule has 0 unspecified atom stereocenters. The van der Waals surface area contributed by atoms with Crippen molar-refractivity contribution in [2.24, 2.45) is 0 Å². The lowest BCUT2D eigenvalue weighted by atomic mass is 10.4. The lowest BCUT2D eigenvalue weighted by molar-refractivity contribution is 0.0519. The summed E-state index contributed by atoms with van der Waals surface area (Å²) in [4.78, 5) is 19.3. The van der Waals surface area contributed by atoms with E-state index in [1.165, 1.54) is 12.5 Å². The first-order valence-corrected chi connectivity index (χ1v) is 4.76. The normalized spacial score (nSPS) is 10.4. The maximum absolute atomic E-state index is 11.3. The molecule has 2 aromatic heterocycles. The Balaban J connectivity index is 2.22. The van der Waals surface area contributed by atoms with Crippen molar-refractivity contribution in [1.82, 2.24) is 9.97 Å². The van der Waals surface area contributed by atoms with E-state index in [2.05, 4.69) is 9.97 Å². The number of carbonyl (C=O) groups excluding carboxylic acids is 1. The molecule has 0 aliphatic heterocycles. The van der Waals surface area contributed by atoms with Crippen LogP contribution in [0.4, 0.5) is 0 Å². The largest absolute Gasteiger partial charge is 0.461 e. The minimum Gasteiger partial charge on any atom is -0.461 e. The number of oxazole rings is 2. The van der Waals surface area contributed by atoms with Crippen LogP contribution in [-0.2, 0) is 4.74 Å². The van der Waals surface area contributed by atoms with Crippen molar-refractivity contribution in [3.63, 3.8) is 0 Å². The molecular weight excluding hydrogens is 212 g/mol. The SMILES string of the molecule is CCOC(=O)c1coc(-c2coc(C)n2)n1. The maximum atomic E-state index is 11.3. The van der Waals surface area contributed by atoms with Crippen LogP contribution in [0.15, 0.2) is 21.4 Å². The molecule has 6 nitrogen and oxygen atoms in total. The van der Waals surface area contributed by atoms with Gasteiger partial charge in [-0.2, -0.15) is 0 Å². The maximum Gasteiger partial charge on any atom is 0.360 e. The average Bonchev–Trinajstić information content (AvgIpc) is 2.85. The van der Waals surface area contributed by atoms with Crippen LogP contribution in [0, 0.1) is 6.92 Å². The van der Waals surface area contributed by atoms with Crippen molar-refractivity contribution in [2.45, 2.75) is 13.8 Å². The lowest BCUT2D eigenvalue weighted by Crippen LogP contribution is -2.04. The number of nitrogens with zero attached hydrogens (tertiary/aromatic N) is 2. The number of hydrogen-bond acceptors (Lipinski definition) is 6. The molecule has 0 amide bonds. The molecule has 0 aliphatic carbocycles. The fraction of sp³-hybridized carbons (Fsp3) is 0.300. The third-order valence-electron chi connectivity index (χ3n) is 1.83. The smallest absolute Gasteiger partial charge is 0.360 e. The summed E-state index contributed by atoms with van der Waals surface area (Å²) in [5.74, 6) is 0.225. The van der Waals surface area contributed by atoms with Crippen LogP contribution >= 0.6 is 0 Å². The van der Waals surface area contributed by atoms with Gasteiger partial charge in [0.1, 0.15) is 12.5 Å². The molecule has 6 heteroatoms. The first-order valence-electron chi connectivity index (χ1n) is 4.76. The molecule has 0 saturated carbocycles. The molecular formula is C10H10N2O4. The highest BCUT2D eigenvalue weighted by Crippen LogP contribution is 2.17. The van der Waals surface area contributed by atoms with Gasteiger partial charge in [-0.25, -0.2) is 14.8 Å². The first-order chi connectivity index (χ1) is 7.70. The van der Waals surface area contributed by atoms with Crippen molar-refractivity contribution in [3.05, 3.63) is 24.1 Å². The fourth-order valence-electron chi connectivity index (χ4n) is 1.15. The standard InChI is InChI=1S/C10H10N2O4/c1-3-14-10(13)8-5-16-9(12-8)7-4-15-6(2)11-7/h4-5H,3H2,1-2H3.